The molecule has 1 aliphatic rings. The van der Waals surface area contributed by atoms with Gasteiger partial charge in [-0.15, -0.1) is 0 Å². The molecule has 8 nitrogen and oxygen atoms in total. The third kappa shape index (κ3) is 6.75. The van der Waals surface area contributed by atoms with Gasteiger partial charge in [-0.2, -0.15) is 0 Å². The Morgan fingerprint density at radius 3 is 2.00 bits per heavy atom. The SMILES string of the molecule is CC[C@H](NC(=O)c1cc(F)cc(N(C2CN(C(c3ccc(Cl)cc3)c3ccc(Cl)cc3)C2)S(C)(=O)=O)c1)C(N)=O. The Morgan fingerprint density at radius 1 is 1.02 bits per heavy atom. The summed E-state index contributed by atoms with van der Waals surface area (Å²) in [5.74, 6) is -2.25. The Kier molecular flexibility index (Phi) is 9.04. The van der Waals surface area contributed by atoms with Crippen LogP contribution in [0.2, 0.25) is 10.0 Å². The van der Waals surface area contributed by atoms with Gasteiger partial charge < -0.3 is 11.1 Å². The Morgan fingerprint density at radius 2 is 1.55 bits per heavy atom. The lowest BCUT2D eigenvalue weighted by atomic mass is 9.93. The second kappa shape index (κ2) is 12.1. The molecule has 2 amide bonds. The van der Waals surface area contributed by atoms with E-state index >= 15 is 0 Å². The number of carbonyl (C=O) groups is 2. The lowest BCUT2D eigenvalue weighted by Crippen LogP contribution is -2.61. The summed E-state index contributed by atoms with van der Waals surface area (Å²) in [5, 5.41) is 3.65. The quantitative estimate of drug-likeness (QED) is 0.356. The normalized spacial score (nSPS) is 14.9. The summed E-state index contributed by atoms with van der Waals surface area (Å²) in [4.78, 5) is 26.4. The number of hydrogen-bond acceptors (Lipinski definition) is 5. The van der Waals surface area contributed by atoms with Crippen LogP contribution in [0.4, 0.5) is 10.1 Å². The van der Waals surface area contributed by atoms with Gasteiger partial charge in [0.15, 0.2) is 0 Å². The maximum atomic E-state index is 14.7. The van der Waals surface area contributed by atoms with Crippen LogP contribution in [-0.2, 0) is 14.8 Å². The van der Waals surface area contributed by atoms with Gasteiger partial charge in [-0.1, -0.05) is 54.4 Å². The van der Waals surface area contributed by atoms with Crippen molar-refractivity contribution in [3.05, 3.63) is 99.3 Å². The number of halogens is 3. The molecular formula is C28H29Cl2FN4O4S. The summed E-state index contributed by atoms with van der Waals surface area (Å²) >= 11 is 12.2. The van der Waals surface area contributed by atoms with Crippen molar-refractivity contribution in [1.29, 1.82) is 0 Å². The molecule has 12 heteroatoms. The fraction of sp³-hybridized carbons (Fsp3) is 0.286. The van der Waals surface area contributed by atoms with Gasteiger partial charge in [-0.05, 0) is 60.0 Å². The molecule has 0 saturated carbocycles. The molecule has 212 valence electrons. The van der Waals surface area contributed by atoms with E-state index < -0.39 is 39.7 Å². The largest absolute Gasteiger partial charge is 0.368 e. The van der Waals surface area contributed by atoms with E-state index in [-0.39, 0.29) is 23.7 Å². The minimum absolute atomic E-state index is 0.0129. The highest BCUT2D eigenvalue weighted by Crippen LogP contribution is 2.37. The molecule has 3 aromatic rings. The van der Waals surface area contributed by atoms with Crippen molar-refractivity contribution in [2.75, 3.05) is 23.7 Å². The topological polar surface area (TPSA) is 113 Å². The van der Waals surface area contributed by atoms with Crippen LogP contribution < -0.4 is 15.4 Å². The fourth-order valence-electron chi connectivity index (χ4n) is 4.87. The van der Waals surface area contributed by atoms with Gasteiger partial charge in [0.1, 0.15) is 11.9 Å². The molecule has 0 spiro atoms. The molecule has 0 aromatic heterocycles. The Labute approximate surface area is 242 Å². The molecule has 0 aliphatic carbocycles. The van der Waals surface area contributed by atoms with Crippen molar-refractivity contribution < 1.29 is 22.4 Å². The Balaban J connectivity index is 1.63. The van der Waals surface area contributed by atoms with Crippen LogP contribution in [0, 0.1) is 5.82 Å². The summed E-state index contributed by atoms with van der Waals surface area (Å²) < 4.78 is 41.7. The van der Waals surface area contributed by atoms with Crippen molar-refractivity contribution in [3.63, 3.8) is 0 Å². The number of benzene rings is 3. The predicted molar refractivity (Wildman–Crippen MR) is 155 cm³/mol. The minimum atomic E-state index is -3.87. The number of nitrogens with zero attached hydrogens (tertiary/aromatic N) is 2. The number of amides is 2. The number of hydrogen-bond donors (Lipinski definition) is 2. The van der Waals surface area contributed by atoms with E-state index in [1.165, 1.54) is 6.07 Å². The van der Waals surface area contributed by atoms with Gasteiger partial charge in [0.2, 0.25) is 15.9 Å². The number of carbonyl (C=O) groups excluding carboxylic acids is 2. The lowest BCUT2D eigenvalue weighted by Gasteiger charge is -2.48. The van der Waals surface area contributed by atoms with E-state index in [4.69, 9.17) is 28.9 Å². The molecule has 0 unspecified atom stereocenters. The van der Waals surface area contributed by atoms with E-state index in [1.54, 1.807) is 31.2 Å². The number of nitrogens with two attached hydrogens (primary N) is 1. The zero-order valence-electron chi connectivity index (χ0n) is 21.9. The molecule has 1 fully saturated rings. The first kappa shape index (κ1) is 29.8. The van der Waals surface area contributed by atoms with Crippen LogP contribution in [0.1, 0.15) is 40.9 Å². The Bertz CT molecular complexity index is 1450. The molecule has 1 atom stereocenters. The maximum Gasteiger partial charge on any atom is 0.252 e. The number of rotatable bonds is 10. The van der Waals surface area contributed by atoms with Gasteiger partial charge in [0.05, 0.1) is 24.0 Å². The monoisotopic (exact) mass is 606 g/mol. The first-order valence-corrected chi connectivity index (χ1v) is 15.1. The van der Waals surface area contributed by atoms with E-state index in [0.29, 0.717) is 23.1 Å². The number of primary amides is 1. The highest BCUT2D eigenvalue weighted by molar-refractivity contribution is 7.92. The second-order valence-corrected chi connectivity index (χ2v) is 12.4. The fourth-order valence-corrected chi connectivity index (χ4v) is 6.29. The zero-order valence-corrected chi connectivity index (χ0v) is 24.2. The van der Waals surface area contributed by atoms with Crippen LogP contribution in [0.3, 0.4) is 0 Å². The second-order valence-electron chi connectivity index (χ2n) is 9.71. The van der Waals surface area contributed by atoms with E-state index in [9.17, 15) is 22.4 Å². The van der Waals surface area contributed by atoms with Gasteiger partial charge in [0, 0.05) is 28.7 Å². The summed E-state index contributed by atoms with van der Waals surface area (Å²) in [6, 6.07) is 16.5. The van der Waals surface area contributed by atoms with Crippen LogP contribution >= 0.6 is 23.2 Å². The average Bonchev–Trinajstić information content (AvgIpc) is 2.86. The molecule has 1 saturated heterocycles. The van der Waals surface area contributed by atoms with Crippen molar-refractivity contribution in [2.45, 2.75) is 31.5 Å². The molecule has 4 rings (SSSR count). The van der Waals surface area contributed by atoms with Crippen LogP contribution in [0.15, 0.2) is 66.7 Å². The van der Waals surface area contributed by atoms with E-state index in [2.05, 4.69) is 10.2 Å². The van der Waals surface area contributed by atoms with E-state index in [1.807, 2.05) is 24.3 Å². The number of sulfonamides is 1. The van der Waals surface area contributed by atoms with Crippen molar-refractivity contribution >= 4 is 50.7 Å². The maximum absolute atomic E-state index is 14.7. The third-order valence-corrected chi connectivity index (χ3v) is 8.50. The third-order valence-electron chi connectivity index (χ3n) is 6.77. The molecule has 0 bridgehead atoms. The molecule has 1 heterocycles. The van der Waals surface area contributed by atoms with Crippen LogP contribution in [0.25, 0.3) is 0 Å². The average molecular weight is 608 g/mol. The summed E-state index contributed by atoms with van der Waals surface area (Å²) in [6.45, 7) is 2.34. The first-order chi connectivity index (χ1) is 18.9. The molecular weight excluding hydrogens is 578 g/mol. The highest BCUT2D eigenvalue weighted by Gasteiger charge is 2.41. The summed E-state index contributed by atoms with van der Waals surface area (Å²) in [6.07, 6.45) is 1.29. The standard InChI is InChI=1S/C28H29Cl2FN4O4S/c1-3-25(27(32)36)33-28(37)19-12-22(31)14-23(13-19)35(40(2,38)39)24-15-34(16-24)26(17-4-8-20(29)9-5-17)18-6-10-21(30)11-7-18/h4-14,24-26H,3,15-16H2,1-2H3,(H2,32,36)(H,33,37)/t25-/m0/s1. The zero-order chi connectivity index (χ0) is 29.2. The number of anilines is 1. The number of nitrogens with one attached hydrogen (secondary N) is 1. The van der Waals surface area contributed by atoms with Gasteiger partial charge in [-0.25, -0.2) is 12.8 Å². The van der Waals surface area contributed by atoms with Gasteiger partial charge in [0.25, 0.3) is 5.91 Å². The van der Waals surface area contributed by atoms with Crippen LogP contribution in [0.5, 0.6) is 0 Å². The highest BCUT2D eigenvalue weighted by atomic mass is 35.5. The summed E-state index contributed by atoms with van der Waals surface area (Å²) in [7, 11) is -3.87. The molecule has 1 aliphatic heterocycles. The minimum Gasteiger partial charge on any atom is -0.368 e. The molecule has 0 radical (unpaired) electrons. The molecule has 3 N–H and O–H groups in total. The predicted octanol–water partition coefficient (Wildman–Crippen LogP) is 4.37. The molecule has 40 heavy (non-hydrogen) atoms. The van der Waals surface area contributed by atoms with Crippen LogP contribution in [-0.4, -0.2) is 56.6 Å². The van der Waals surface area contributed by atoms with E-state index in [0.717, 1.165) is 33.8 Å². The molecule has 3 aromatic carbocycles. The van der Waals surface area contributed by atoms with Crippen molar-refractivity contribution in [2.24, 2.45) is 5.73 Å². The Hall–Kier alpha value is -3.18. The van der Waals surface area contributed by atoms with Crippen molar-refractivity contribution in [1.82, 2.24) is 10.2 Å². The van der Waals surface area contributed by atoms with Gasteiger partial charge >= 0.3 is 0 Å². The summed E-state index contributed by atoms with van der Waals surface area (Å²) in [5.41, 5.74) is 7.11. The lowest BCUT2D eigenvalue weighted by molar-refractivity contribution is -0.119. The first-order valence-electron chi connectivity index (χ1n) is 12.5. The van der Waals surface area contributed by atoms with Gasteiger partial charge in [-0.3, -0.25) is 18.8 Å². The number of likely N-dealkylation sites (tertiary alicyclic amines) is 1. The van der Waals surface area contributed by atoms with Crippen molar-refractivity contribution in [3.8, 4) is 0 Å². The smallest absolute Gasteiger partial charge is 0.252 e.